The summed E-state index contributed by atoms with van der Waals surface area (Å²) in [6, 6.07) is 15.4. The summed E-state index contributed by atoms with van der Waals surface area (Å²) >= 11 is 1.53. The second-order valence-corrected chi connectivity index (χ2v) is 8.00. The van der Waals surface area contributed by atoms with Gasteiger partial charge in [0.05, 0.1) is 0 Å². The summed E-state index contributed by atoms with van der Waals surface area (Å²) < 4.78 is 7.72. The maximum absolute atomic E-state index is 12.4. The number of ether oxygens (including phenoxy) is 1. The van der Waals surface area contributed by atoms with Crippen LogP contribution in [0.2, 0.25) is 0 Å². The smallest absolute Gasteiger partial charge is 0.191 e. The molecule has 4 rings (SSSR count). The molecule has 0 radical (unpaired) electrons. The van der Waals surface area contributed by atoms with Crippen molar-refractivity contribution in [2.75, 3.05) is 0 Å². The van der Waals surface area contributed by atoms with Crippen molar-refractivity contribution in [3.8, 4) is 5.75 Å². The van der Waals surface area contributed by atoms with Crippen molar-refractivity contribution < 1.29 is 4.74 Å². The number of pyridine rings is 1. The molecule has 0 aliphatic heterocycles. The Hall–Kier alpha value is -3.06. The summed E-state index contributed by atoms with van der Waals surface area (Å²) in [6.45, 7) is 4.37. The molecule has 0 spiro atoms. The Morgan fingerprint density at radius 1 is 1.03 bits per heavy atom. The average molecular weight is 407 g/mol. The van der Waals surface area contributed by atoms with Crippen molar-refractivity contribution in [3.63, 3.8) is 0 Å². The van der Waals surface area contributed by atoms with E-state index in [-0.39, 0.29) is 5.43 Å². The van der Waals surface area contributed by atoms with Gasteiger partial charge in [-0.15, -0.1) is 10.2 Å². The topological polar surface area (TPSA) is 72.8 Å². The highest BCUT2D eigenvalue weighted by Crippen LogP contribution is 2.22. The molecule has 0 atom stereocenters. The first-order chi connectivity index (χ1) is 14.0. The van der Waals surface area contributed by atoms with Gasteiger partial charge < -0.3 is 14.3 Å². The minimum Gasteiger partial charge on any atom is -0.486 e. The molecule has 2 aromatic carbocycles. The number of aryl methyl sites for hydroxylation is 2. The van der Waals surface area contributed by atoms with Gasteiger partial charge in [-0.05, 0) is 38.1 Å². The fraction of sp³-hybridized carbons (Fsp3) is 0.227. The van der Waals surface area contributed by atoms with Gasteiger partial charge in [-0.3, -0.25) is 4.79 Å². The van der Waals surface area contributed by atoms with Gasteiger partial charge in [0.15, 0.2) is 16.4 Å². The van der Waals surface area contributed by atoms with E-state index in [0.717, 1.165) is 33.5 Å². The van der Waals surface area contributed by atoms with Gasteiger partial charge in [0.1, 0.15) is 12.4 Å². The molecular weight excluding hydrogens is 384 g/mol. The lowest BCUT2D eigenvalue weighted by molar-refractivity contribution is 0.290. The summed E-state index contributed by atoms with van der Waals surface area (Å²) in [4.78, 5) is 15.7. The van der Waals surface area contributed by atoms with E-state index in [1.165, 1.54) is 17.3 Å². The molecule has 4 aromatic rings. The lowest BCUT2D eigenvalue weighted by Gasteiger charge is -2.07. The fourth-order valence-corrected chi connectivity index (χ4v) is 3.85. The molecule has 2 heterocycles. The number of nitrogens with one attached hydrogen (secondary N) is 1. The second-order valence-electron chi connectivity index (χ2n) is 7.06. The van der Waals surface area contributed by atoms with Crippen LogP contribution in [0.15, 0.2) is 58.5 Å². The minimum atomic E-state index is 0.0307. The van der Waals surface area contributed by atoms with Gasteiger partial charge in [0.25, 0.3) is 0 Å². The van der Waals surface area contributed by atoms with Crippen molar-refractivity contribution in [2.24, 2.45) is 7.05 Å². The lowest BCUT2D eigenvalue weighted by atomic mass is 10.1. The highest BCUT2D eigenvalue weighted by Gasteiger charge is 2.11. The van der Waals surface area contributed by atoms with Crippen LogP contribution in [0.4, 0.5) is 0 Å². The zero-order valence-electron chi connectivity index (χ0n) is 16.6. The Balaban J connectivity index is 1.44. The zero-order valence-corrected chi connectivity index (χ0v) is 17.4. The molecule has 0 saturated heterocycles. The molecule has 1 N–H and O–H groups in total. The highest BCUT2D eigenvalue weighted by molar-refractivity contribution is 7.98. The Labute approximate surface area is 172 Å². The maximum Gasteiger partial charge on any atom is 0.191 e. The van der Waals surface area contributed by atoms with Gasteiger partial charge in [0, 0.05) is 35.5 Å². The van der Waals surface area contributed by atoms with Crippen LogP contribution >= 0.6 is 11.8 Å². The largest absolute Gasteiger partial charge is 0.486 e. The van der Waals surface area contributed by atoms with Gasteiger partial charge in [0.2, 0.25) is 0 Å². The van der Waals surface area contributed by atoms with E-state index in [2.05, 4.69) is 15.2 Å². The molecule has 0 saturated carbocycles. The predicted octanol–water partition coefficient (Wildman–Crippen LogP) is 4.14. The third-order valence-corrected chi connectivity index (χ3v) is 5.78. The van der Waals surface area contributed by atoms with Gasteiger partial charge in [-0.1, -0.05) is 41.1 Å². The Morgan fingerprint density at radius 3 is 2.59 bits per heavy atom. The molecule has 2 aromatic heterocycles. The third kappa shape index (κ3) is 4.35. The molecule has 148 valence electrons. The molecule has 0 aliphatic rings. The van der Waals surface area contributed by atoms with Crippen LogP contribution in [0.5, 0.6) is 5.75 Å². The van der Waals surface area contributed by atoms with Crippen LogP contribution in [-0.4, -0.2) is 19.7 Å². The molecule has 0 amide bonds. The lowest BCUT2D eigenvalue weighted by Crippen LogP contribution is -2.06. The summed E-state index contributed by atoms with van der Waals surface area (Å²) in [5.41, 5.74) is 4.00. The minimum absolute atomic E-state index is 0.0307. The highest BCUT2D eigenvalue weighted by atomic mass is 32.2. The molecule has 0 unspecified atom stereocenters. The zero-order chi connectivity index (χ0) is 20.4. The van der Waals surface area contributed by atoms with Crippen molar-refractivity contribution in [1.82, 2.24) is 19.7 Å². The number of nitrogens with zero attached hydrogens (tertiary/aromatic N) is 3. The number of benzene rings is 2. The predicted molar refractivity (Wildman–Crippen MR) is 115 cm³/mol. The quantitative estimate of drug-likeness (QED) is 0.487. The van der Waals surface area contributed by atoms with E-state index in [1.807, 2.05) is 67.9 Å². The molecule has 0 fully saturated rings. The van der Waals surface area contributed by atoms with E-state index in [1.54, 1.807) is 6.07 Å². The first kappa shape index (κ1) is 19.3. The number of aromatic amines is 1. The van der Waals surface area contributed by atoms with Gasteiger partial charge in [-0.25, -0.2) is 0 Å². The Kier molecular flexibility index (Phi) is 5.40. The van der Waals surface area contributed by atoms with E-state index in [4.69, 9.17) is 4.74 Å². The SMILES string of the molecule is Cc1ccc(OCc2nnc(SCc3cc(=O)c4cc(C)ccc4[nH]3)n2C)cc1. The first-order valence-corrected chi connectivity index (χ1v) is 10.3. The van der Waals surface area contributed by atoms with Crippen molar-refractivity contribution in [1.29, 1.82) is 0 Å². The van der Waals surface area contributed by atoms with Crippen LogP contribution < -0.4 is 10.2 Å². The van der Waals surface area contributed by atoms with Crippen LogP contribution in [0, 0.1) is 13.8 Å². The fourth-order valence-electron chi connectivity index (χ4n) is 3.01. The Bertz CT molecular complexity index is 1210. The first-order valence-electron chi connectivity index (χ1n) is 9.33. The number of fused-ring (bicyclic) bond motifs is 1. The molecule has 6 nitrogen and oxygen atoms in total. The van der Waals surface area contributed by atoms with E-state index in [9.17, 15) is 4.79 Å². The normalized spacial score (nSPS) is 11.1. The monoisotopic (exact) mass is 406 g/mol. The summed E-state index contributed by atoms with van der Waals surface area (Å²) in [5, 5.41) is 9.98. The van der Waals surface area contributed by atoms with Crippen LogP contribution in [0.1, 0.15) is 22.6 Å². The molecular formula is C22H22N4O2S. The molecule has 0 bridgehead atoms. The van der Waals surface area contributed by atoms with Crippen molar-refractivity contribution >= 4 is 22.7 Å². The number of hydrogen-bond acceptors (Lipinski definition) is 5. The number of thioether (sulfide) groups is 1. The molecule has 29 heavy (non-hydrogen) atoms. The maximum atomic E-state index is 12.4. The summed E-state index contributed by atoms with van der Waals surface area (Å²) in [7, 11) is 1.92. The van der Waals surface area contributed by atoms with E-state index < -0.39 is 0 Å². The average Bonchev–Trinajstić information content (AvgIpc) is 3.06. The summed E-state index contributed by atoms with van der Waals surface area (Å²) in [5.74, 6) is 2.15. The van der Waals surface area contributed by atoms with Gasteiger partial charge in [-0.2, -0.15) is 0 Å². The number of aromatic nitrogens is 4. The van der Waals surface area contributed by atoms with Crippen molar-refractivity contribution in [3.05, 3.63) is 81.4 Å². The molecule has 7 heteroatoms. The van der Waals surface area contributed by atoms with E-state index in [0.29, 0.717) is 17.7 Å². The van der Waals surface area contributed by atoms with Crippen LogP contribution in [0.25, 0.3) is 10.9 Å². The molecule has 0 aliphatic carbocycles. The van der Waals surface area contributed by atoms with Crippen LogP contribution in [-0.2, 0) is 19.4 Å². The number of hydrogen-bond donors (Lipinski definition) is 1. The Morgan fingerprint density at radius 2 is 1.79 bits per heavy atom. The second kappa shape index (κ2) is 8.13. The standard InChI is InChI=1S/C22H22N4O2S/c1-14-4-7-17(8-5-14)28-12-21-24-25-22(26(21)3)29-13-16-11-20(27)18-10-15(2)6-9-19(18)23-16/h4-11H,12-13H2,1-3H3,(H,23,27). The van der Waals surface area contributed by atoms with Gasteiger partial charge >= 0.3 is 0 Å². The van der Waals surface area contributed by atoms with E-state index >= 15 is 0 Å². The number of rotatable bonds is 6. The number of H-pyrrole nitrogens is 1. The third-order valence-electron chi connectivity index (χ3n) is 4.71. The van der Waals surface area contributed by atoms with Crippen molar-refractivity contribution in [2.45, 2.75) is 31.4 Å². The van der Waals surface area contributed by atoms with Crippen LogP contribution in [0.3, 0.4) is 0 Å². The summed E-state index contributed by atoms with van der Waals surface area (Å²) in [6.07, 6.45) is 0.